The Morgan fingerprint density at radius 1 is 0.882 bits per heavy atom. The van der Waals surface area contributed by atoms with E-state index in [-0.39, 0.29) is 44.8 Å². The van der Waals surface area contributed by atoms with Crippen LogP contribution >= 0.6 is 0 Å². The number of alkyl halides is 6. The van der Waals surface area contributed by atoms with E-state index in [1.807, 2.05) is 0 Å². The van der Waals surface area contributed by atoms with Crippen molar-refractivity contribution in [2.75, 3.05) is 36.4 Å². The SMILES string of the molecule is O=C(c1ccccc1C(F)(F)F)N1CCN(c2ccc(NC(=O)C3(C(F)(F)F)CC3)nn2)CC1. The fraction of sp³-hybridized carbons (Fsp3) is 0.429. The van der Waals surface area contributed by atoms with E-state index in [1.54, 1.807) is 4.90 Å². The van der Waals surface area contributed by atoms with Gasteiger partial charge in [0.2, 0.25) is 5.91 Å². The Morgan fingerprint density at radius 2 is 1.53 bits per heavy atom. The van der Waals surface area contributed by atoms with Gasteiger partial charge in [-0.2, -0.15) is 26.3 Å². The highest BCUT2D eigenvalue weighted by atomic mass is 19.4. The van der Waals surface area contributed by atoms with E-state index in [0.717, 1.165) is 12.1 Å². The maximum Gasteiger partial charge on any atom is 0.417 e. The number of aromatic nitrogens is 2. The minimum Gasteiger partial charge on any atom is -0.352 e. The Kier molecular flexibility index (Phi) is 5.90. The Morgan fingerprint density at radius 3 is 2.06 bits per heavy atom. The first kappa shape index (κ1) is 23.8. The van der Waals surface area contributed by atoms with Gasteiger partial charge in [-0.05, 0) is 37.1 Å². The number of piperazine rings is 1. The zero-order chi connectivity index (χ0) is 24.7. The van der Waals surface area contributed by atoms with Crippen LogP contribution in [0.15, 0.2) is 36.4 Å². The zero-order valence-electron chi connectivity index (χ0n) is 17.6. The van der Waals surface area contributed by atoms with Gasteiger partial charge >= 0.3 is 12.4 Å². The molecular weight excluding hydrogens is 468 g/mol. The molecule has 1 aliphatic carbocycles. The molecule has 1 saturated heterocycles. The molecule has 13 heteroatoms. The molecule has 0 radical (unpaired) electrons. The van der Waals surface area contributed by atoms with Crippen LogP contribution in [0, 0.1) is 5.41 Å². The molecule has 4 rings (SSSR count). The van der Waals surface area contributed by atoms with Crippen molar-refractivity contribution in [2.24, 2.45) is 5.41 Å². The van der Waals surface area contributed by atoms with E-state index >= 15 is 0 Å². The average molecular weight is 487 g/mol. The van der Waals surface area contributed by atoms with Crippen LogP contribution in [0.3, 0.4) is 0 Å². The molecule has 0 spiro atoms. The van der Waals surface area contributed by atoms with Gasteiger partial charge in [0, 0.05) is 26.2 Å². The molecule has 1 N–H and O–H groups in total. The quantitative estimate of drug-likeness (QED) is 0.665. The lowest BCUT2D eigenvalue weighted by Gasteiger charge is -2.35. The maximum absolute atomic E-state index is 13.2. The van der Waals surface area contributed by atoms with Crippen LogP contribution in [0.25, 0.3) is 0 Å². The van der Waals surface area contributed by atoms with Crippen LogP contribution in [-0.2, 0) is 11.0 Å². The third-order valence-electron chi connectivity index (χ3n) is 5.97. The molecule has 2 heterocycles. The summed E-state index contributed by atoms with van der Waals surface area (Å²) in [5.74, 6) is -1.66. The first-order valence-electron chi connectivity index (χ1n) is 10.3. The van der Waals surface area contributed by atoms with Gasteiger partial charge in [0.1, 0.15) is 5.41 Å². The Hall–Kier alpha value is -3.38. The smallest absolute Gasteiger partial charge is 0.352 e. The second kappa shape index (κ2) is 8.44. The number of anilines is 2. The number of nitrogens with zero attached hydrogens (tertiary/aromatic N) is 4. The molecule has 1 aromatic carbocycles. The number of halogens is 6. The second-order valence-electron chi connectivity index (χ2n) is 8.13. The van der Waals surface area contributed by atoms with E-state index in [4.69, 9.17) is 0 Å². The number of hydrogen-bond donors (Lipinski definition) is 1. The summed E-state index contributed by atoms with van der Waals surface area (Å²) < 4.78 is 78.8. The van der Waals surface area contributed by atoms with Gasteiger partial charge in [-0.1, -0.05) is 12.1 Å². The summed E-state index contributed by atoms with van der Waals surface area (Å²) in [4.78, 5) is 27.7. The first-order chi connectivity index (χ1) is 15.9. The largest absolute Gasteiger partial charge is 0.417 e. The van der Waals surface area contributed by atoms with Gasteiger partial charge < -0.3 is 15.1 Å². The van der Waals surface area contributed by atoms with E-state index in [1.165, 1.54) is 29.2 Å². The topological polar surface area (TPSA) is 78.4 Å². The summed E-state index contributed by atoms with van der Waals surface area (Å²) in [6.45, 7) is 0.799. The molecule has 2 aliphatic rings. The highest BCUT2D eigenvalue weighted by molar-refractivity contribution is 5.97. The van der Waals surface area contributed by atoms with Gasteiger partial charge in [-0.15, -0.1) is 10.2 Å². The number of benzene rings is 1. The van der Waals surface area contributed by atoms with Crippen molar-refractivity contribution in [1.29, 1.82) is 0 Å². The Labute approximate surface area is 189 Å². The molecule has 0 unspecified atom stereocenters. The Balaban J connectivity index is 1.36. The molecule has 2 fully saturated rings. The molecule has 1 aliphatic heterocycles. The monoisotopic (exact) mass is 487 g/mol. The molecular formula is C21H19F6N5O2. The molecule has 182 valence electrons. The van der Waals surface area contributed by atoms with E-state index in [0.29, 0.717) is 5.82 Å². The van der Waals surface area contributed by atoms with Gasteiger partial charge in [0.15, 0.2) is 11.6 Å². The number of nitrogens with one attached hydrogen (secondary N) is 1. The molecule has 7 nitrogen and oxygen atoms in total. The van der Waals surface area contributed by atoms with Crippen LogP contribution in [0.1, 0.15) is 28.8 Å². The highest BCUT2D eigenvalue weighted by Crippen LogP contribution is 2.58. The van der Waals surface area contributed by atoms with E-state index in [9.17, 15) is 35.9 Å². The van der Waals surface area contributed by atoms with Crippen molar-refractivity contribution < 1.29 is 35.9 Å². The van der Waals surface area contributed by atoms with Gasteiger partial charge in [-0.3, -0.25) is 9.59 Å². The summed E-state index contributed by atoms with van der Waals surface area (Å²) in [5.41, 5.74) is -3.79. The van der Waals surface area contributed by atoms with Crippen molar-refractivity contribution in [1.82, 2.24) is 15.1 Å². The average Bonchev–Trinajstić information content (AvgIpc) is 3.61. The lowest BCUT2D eigenvalue weighted by molar-refractivity contribution is -0.189. The number of hydrogen-bond acceptors (Lipinski definition) is 5. The summed E-state index contributed by atoms with van der Waals surface area (Å²) in [6.07, 6.45) is -9.84. The lowest BCUT2D eigenvalue weighted by atomic mass is 10.1. The first-order valence-corrected chi connectivity index (χ1v) is 10.3. The maximum atomic E-state index is 13.2. The summed E-state index contributed by atoms with van der Waals surface area (Å²) in [6, 6.07) is 7.38. The van der Waals surface area contributed by atoms with Crippen LogP contribution in [0.2, 0.25) is 0 Å². The molecule has 2 amide bonds. The summed E-state index contributed by atoms with van der Waals surface area (Å²) in [7, 11) is 0. The highest BCUT2D eigenvalue weighted by Gasteiger charge is 2.68. The normalized spacial score (nSPS) is 17.9. The van der Waals surface area contributed by atoms with Crippen molar-refractivity contribution >= 4 is 23.5 Å². The predicted molar refractivity (Wildman–Crippen MR) is 108 cm³/mol. The van der Waals surface area contributed by atoms with E-state index in [2.05, 4.69) is 15.5 Å². The lowest BCUT2D eigenvalue weighted by Crippen LogP contribution is -2.49. The van der Waals surface area contributed by atoms with Crippen molar-refractivity contribution in [2.45, 2.75) is 25.2 Å². The fourth-order valence-electron chi connectivity index (χ4n) is 3.79. The van der Waals surface area contributed by atoms with Gasteiger partial charge in [0.25, 0.3) is 5.91 Å². The molecule has 1 aromatic heterocycles. The molecule has 0 atom stereocenters. The van der Waals surface area contributed by atoms with Crippen molar-refractivity contribution in [3.63, 3.8) is 0 Å². The second-order valence-corrected chi connectivity index (χ2v) is 8.13. The fourth-order valence-corrected chi connectivity index (χ4v) is 3.79. The molecule has 34 heavy (non-hydrogen) atoms. The van der Waals surface area contributed by atoms with Crippen molar-refractivity contribution in [3.05, 3.63) is 47.5 Å². The number of amides is 2. The minimum atomic E-state index is -4.65. The number of carbonyl (C=O) groups is 2. The van der Waals surface area contributed by atoms with Crippen LogP contribution < -0.4 is 10.2 Å². The Bertz CT molecular complexity index is 1070. The zero-order valence-corrected chi connectivity index (χ0v) is 17.6. The van der Waals surface area contributed by atoms with Crippen LogP contribution in [-0.4, -0.2) is 59.3 Å². The van der Waals surface area contributed by atoms with Gasteiger partial charge in [-0.25, -0.2) is 0 Å². The molecule has 2 aromatic rings. The predicted octanol–water partition coefficient (Wildman–Crippen LogP) is 3.74. The summed E-state index contributed by atoms with van der Waals surface area (Å²) >= 11 is 0. The van der Waals surface area contributed by atoms with Crippen molar-refractivity contribution in [3.8, 4) is 0 Å². The third kappa shape index (κ3) is 4.50. The van der Waals surface area contributed by atoms with Gasteiger partial charge in [0.05, 0.1) is 11.1 Å². The van der Waals surface area contributed by atoms with E-state index < -0.39 is 40.7 Å². The number of rotatable bonds is 4. The third-order valence-corrected chi connectivity index (χ3v) is 5.97. The standard InChI is InChI=1S/C21H19F6N5O2/c22-20(23,24)14-4-2-1-3-13(14)17(33)32-11-9-31(10-12-32)16-6-5-15(29-30-16)28-18(34)19(7-8-19)21(25,26)27/h1-6H,7-12H2,(H,28,29,34). The molecule has 0 bridgehead atoms. The number of carbonyl (C=O) groups excluding carboxylic acids is 2. The minimum absolute atomic E-state index is 0.123. The van der Waals surface area contributed by atoms with Crippen LogP contribution in [0.4, 0.5) is 38.0 Å². The molecule has 1 saturated carbocycles. The van der Waals surface area contributed by atoms with Crippen LogP contribution in [0.5, 0.6) is 0 Å². The summed E-state index contributed by atoms with van der Waals surface area (Å²) in [5, 5.41) is 9.83.